The summed E-state index contributed by atoms with van der Waals surface area (Å²) in [5.74, 6) is 2.14. The van der Waals surface area contributed by atoms with Crippen LogP contribution in [0.25, 0.3) is 55.9 Å². The first-order chi connectivity index (χ1) is 33.0. The van der Waals surface area contributed by atoms with Gasteiger partial charge in [-0.05, 0) is 159 Å². The van der Waals surface area contributed by atoms with Gasteiger partial charge in [-0.3, -0.25) is 19.8 Å². The highest BCUT2D eigenvalue weighted by Gasteiger charge is 2.28. The van der Waals surface area contributed by atoms with Crippen LogP contribution >= 0.6 is 0 Å². The van der Waals surface area contributed by atoms with E-state index in [1.807, 2.05) is 36.9 Å². The number of aromatic nitrogens is 4. The van der Waals surface area contributed by atoms with Crippen molar-refractivity contribution in [3.05, 3.63) is 231 Å². The molecule has 0 radical (unpaired) electrons. The summed E-state index contributed by atoms with van der Waals surface area (Å²) in [5, 5.41) is 0. The number of rotatable bonds is 11. The molecule has 0 fully saturated rings. The highest BCUT2D eigenvalue weighted by Crippen LogP contribution is 2.44. The Labute approximate surface area is 401 Å². The number of hydrogen-bond acceptors (Lipinski definition) is 4. The fourth-order valence-corrected chi connectivity index (χ4v) is 9.39. The zero-order valence-electron chi connectivity index (χ0n) is 39.6. The van der Waals surface area contributed by atoms with Crippen LogP contribution in [0.3, 0.4) is 0 Å². The van der Waals surface area contributed by atoms with Crippen molar-refractivity contribution in [1.82, 2.24) is 19.1 Å². The number of hydrogen-bond donors (Lipinski definition) is 0. The maximum Gasteiger partial charge on any atom is 0.118 e. The molecule has 0 aliphatic heterocycles. The lowest BCUT2D eigenvalue weighted by molar-refractivity contribution is 0.405. The SMILES string of the molecule is CC(C)(C)n1c(-c2ccc(-c3ccc(-c4ccc(N(c5ccc(-c6ccccc6)cc5)c5cccnc5)n4C(C)(C)C)cc3)cc2)ccc1N(c1ccc(-c2ccccc2)cc1)c1cccnc1. The first-order valence-corrected chi connectivity index (χ1v) is 23.4. The van der Waals surface area contributed by atoms with Gasteiger partial charge in [0, 0.05) is 34.8 Å². The average Bonchev–Trinajstić information content (AvgIpc) is 4.03. The highest BCUT2D eigenvalue weighted by atomic mass is 15.3. The lowest BCUT2D eigenvalue weighted by Gasteiger charge is -2.33. The Hall–Kier alpha value is -8.22. The van der Waals surface area contributed by atoms with Crippen LogP contribution in [0.4, 0.5) is 34.4 Å². The van der Waals surface area contributed by atoms with Gasteiger partial charge < -0.3 is 9.13 Å². The van der Waals surface area contributed by atoms with Gasteiger partial charge in [0.1, 0.15) is 11.6 Å². The van der Waals surface area contributed by atoms with E-state index in [0.29, 0.717) is 0 Å². The van der Waals surface area contributed by atoms with Crippen LogP contribution < -0.4 is 9.80 Å². The van der Waals surface area contributed by atoms with Crippen molar-refractivity contribution in [2.24, 2.45) is 0 Å². The summed E-state index contributed by atoms with van der Waals surface area (Å²) >= 11 is 0. The molecule has 0 aliphatic rings. The molecule has 0 saturated carbocycles. The molecule has 0 spiro atoms. The van der Waals surface area contributed by atoms with Crippen LogP contribution in [0.1, 0.15) is 41.5 Å². The first kappa shape index (κ1) is 43.7. The maximum absolute atomic E-state index is 4.54. The Morgan fingerprint density at radius 3 is 0.912 bits per heavy atom. The lowest BCUT2D eigenvalue weighted by atomic mass is 9.99. The lowest BCUT2D eigenvalue weighted by Crippen LogP contribution is -2.27. The molecule has 0 N–H and O–H groups in total. The molecule has 10 rings (SSSR count). The summed E-state index contributed by atoms with van der Waals surface area (Å²) < 4.78 is 4.89. The molecule has 6 aromatic carbocycles. The smallest absolute Gasteiger partial charge is 0.118 e. The standard InChI is InChI=1S/C62H56N6/c1-61(2,3)67-57(37-39-59(67)65(55-19-13-41-63-43-55)53-33-29-49(30-34-53)45-15-9-7-10-16-45)51-25-21-47(22-26-51)48-23-27-52(28-24-48)58-38-40-60(68(58)62(4,5)6)66(56-20-14-42-64-44-56)54-35-31-50(32-36-54)46-17-11-8-12-18-46/h7-44H,1-6H3. The largest absolute Gasteiger partial charge is 0.322 e. The Kier molecular flexibility index (Phi) is 11.7. The topological polar surface area (TPSA) is 42.1 Å². The first-order valence-electron chi connectivity index (χ1n) is 23.4. The summed E-state index contributed by atoms with van der Waals surface area (Å²) in [6, 6.07) is 73.9. The second-order valence-corrected chi connectivity index (χ2v) is 19.2. The van der Waals surface area contributed by atoms with Gasteiger partial charge in [-0.15, -0.1) is 0 Å². The normalized spacial score (nSPS) is 11.7. The molecule has 0 saturated heterocycles. The van der Waals surface area contributed by atoms with Crippen molar-refractivity contribution < 1.29 is 0 Å². The monoisotopic (exact) mass is 884 g/mol. The summed E-state index contributed by atoms with van der Waals surface area (Å²) in [4.78, 5) is 13.7. The fourth-order valence-electron chi connectivity index (χ4n) is 9.39. The van der Waals surface area contributed by atoms with Crippen molar-refractivity contribution in [3.63, 3.8) is 0 Å². The van der Waals surface area contributed by atoms with E-state index in [9.17, 15) is 0 Å². The van der Waals surface area contributed by atoms with Crippen LogP contribution in [0, 0.1) is 0 Å². The van der Waals surface area contributed by atoms with Gasteiger partial charge in [0.15, 0.2) is 0 Å². The Balaban J connectivity index is 0.959. The Morgan fingerprint density at radius 1 is 0.294 bits per heavy atom. The van der Waals surface area contributed by atoms with Gasteiger partial charge in [0.05, 0.1) is 35.2 Å². The number of anilines is 6. The molecular formula is C62H56N6. The molecule has 334 valence electrons. The van der Waals surface area contributed by atoms with Gasteiger partial charge in [-0.1, -0.05) is 133 Å². The molecule has 10 aromatic rings. The predicted molar refractivity (Wildman–Crippen MR) is 285 cm³/mol. The average molecular weight is 885 g/mol. The third-order valence-electron chi connectivity index (χ3n) is 12.5. The quantitative estimate of drug-likeness (QED) is 0.130. The zero-order chi connectivity index (χ0) is 46.8. The van der Waals surface area contributed by atoms with Crippen LogP contribution in [0.2, 0.25) is 0 Å². The van der Waals surface area contributed by atoms with Crippen molar-refractivity contribution in [1.29, 1.82) is 0 Å². The summed E-state index contributed by atoms with van der Waals surface area (Å²) in [6.07, 6.45) is 7.53. The second kappa shape index (κ2) is 18.2. The van der Waals surface area contributed by atoms with Gasteiger partial charge in [-0.25, -0.2) is 0 Å². The molecule has 4 heterocycles. The predicted octanol–water partition coefficient (Wildman–Crippen LogP) is 16.9. The molecule has 0 aliphatic carbocycles. The number of nitrogens with zero attached hydrogens (tertiary/aromatic N) is 6. The van der Waals surface area contributed by atoms with Gasteiger partial charge in [0.25, 0.3) is 0 Å². The van der Waals surface area contributed by atoms with E-state index in [4.69, 9.17) is 0 Å². The molecular weight excluding hydrogens is 829 g/mol. The fraction of sp³-hybridized carbons (Fsp3) is 0.129. The minimum absolute atomic E-state index is 0.236. The van der Waals surface area contributed by atoms with Crippen molar-refractivity contribution in [2.75, 3.05) is 9.80 Å². The van der Waals surface area contributed by atoms with Crippen molar-refractivity contribution in [3.8, 4) is 55.9 Å². The third kappa shape index (κ3) is 8.77. The third-order valence-corrected chi connectivity index (χ3v) is 12.5. The molecule has 6 heteroatoms. The van der Waals surface area contributed by atoms with Crippen molar-refractivity contribution in [2.45, 2.75) is 52.6 Å². The van der Waals surface area contributed by atoms with E-state index in [1.165, 1.54) is 33.4 Å². The minimum Gasteiger partial charge on any atom is -0.322 e. The molecule has 6 nitrogen and oxygen atoms in total. The van der Waals surface area contributed by atoms with E-state index >= 15 is 0 Å². The van der Waals surface area contributed by atoms with E-state index in [2.05, 4.69) is 265 Å². The number of pyridine rings is 2. The molecule has 0 bridgehead atoms. The number of benzene rings is 6. The van der Waals surface area contributed by atoms with Crippen LogP contribution in [0.5, 0.6) is 0 Å². The molecule has 0 unspecified atom stereocenters. The van der Waals surface area contributed by atoms with Crippen LogP contribution in [0.15, 0.2) is 231 Å². The van der Waals surface area contributed by atoms with Crippen LogP contribution in [-0.4, -0.2) is 19.1 Å². The molecule has 68 heavy (non-hydrogen) atoms. The van der Waals surface area contributed by atoms with Gasteiger partial charge in [-0.2, -0.15) is 0 Å². The van der Waals surface area contributed by atoms with Gasteiger partial charge >= 0.3 is 0 Å². The van der Waals surface area contributed by atoms with E-state index in [-0.39, 0.29) is 11.1 Å². The summed E-state index contributed by atoms with van der Waals surface area (Å²) in [5.41, 5.74) is 15.4. The molecule has 0 amide bonds. The highest BCUT2D eigenvalue weighted by molar-refractivity contribution is 5.82. The molecule has 4 aromatic heterocycles. The van der Waals surface area contributed by atoms with Gasteiger partial charge in [0.2, 0.25) is 0 Å². The van der Waals surface area contributed by atoms with E-state index in [0.717, 1.165) is 56.9 Å². The van der Waals surface area contributed by atoms with Crippen LogP contribution in [-0.2, 0) is 11.1 Å². The Morgan fingerprint density at radius 2 is 0.603 bits per heavy atom. The second-order valence-electron chi connectivity index (χ2n) is 19.2. The zero-order valence-corrected chi connectivity index (χ0v) is 39.6. The minimum atomic E-state index is -0.236. The molecule has 0 atom stereocenters. The Bertz CT molecular complexity index is 3010. The summed E-state index contributed by atoms with van der Waals surface area (Å²) in [6.45, 7) is 13.6. The maximum atomic E-state index is 4.54. The van der Waals surface area contributed by atoms with Crippen molar-refractivity contribution >= 4 is 34.4 Å². The summed E-state index contributed by atoms with van der Waals surface area (Å²) in [7, 11) is 0. The van der Waals surface area contributed by atoms with E-state index < -0.39 is 0 Å². The van der Waals surface area contributed by atoms with E-state index in [1.54, 1.807) is 0 Å².